The van der Waals surface area contributed by atoms with E-state index in [9.17, 15) is 53.1 Å². The number of nitrogens with zero attached hydrogens (tertiary/aromatic N) is 4. The van der Waals surface area contributed by atoms with Crippen molar-refractivity contribution in [1.29, 1.82) is 0 Å². The van der Waals surface area contributed by atoms with Gasteiger partial charge in [0, 0.05) is 43.1 Å². The molecule has 0 radical (unpaired) electrons. The van der Waals surface area contributed by atoms with Crippen LogP contribution >= 0.6 is 21.6 Å². The van der Waals surface area contributed by atoms with Crippen LogP contribution in [-0.4, -0.2) is 197 Å². The Labute approximate surface area is 553 Å². The van der Waals surface area contributed by atoms with E-state index in [1.165, 1.54) is 17.0 Å². The van der Waals surface area contributed by atoms with E-state index in [1.54, 1.807) is 70.2 Å². The summed E-state index contributed by atoms with van der Waals surface area (Å²) in [7, 11) is 1.96. The molecule has 26 N–H and O–H groups in total. The van der Waals surface area contributed by atoms with Gasteiger partial charge in [-0.3, -0.25) is 67.7 Å². The number of carbonyl (C=O) groups excluding carboxylic acids is 11. The molecule has 4 rings (SSSR count). The number of amides is 11. The van der Waals surface area contributed by atoms with E-state index in [-0.39, 0.29) is 113 Å². The molecule has 2 unspecified atom stereocenters. The molecule has 0 bridgehead atoms. The van der Waals surface area contributed by atoms with Crippen LogP contribution in [0.5, 0.6) is 5.75 Å². The van der Waals surface area contributed by atoms with Gasteiger partial charge in [-0.25, -0.2) is 0 Å². The van der Waals surface area contributed by atoms with Crippen LogP contribution in [0.1, 0.15) is 96.6 Å². The summed E-state index contributed by atoms with van der Waals surface area (Å²) in [6.07, 6.45) is 0.818. The van der Waals surface area contributed by atoms with Gasteiger partial charge < -0.3 is 104 Å². The van der Waals surface area contributed by atoms with Crippen molar-refractivity contribution in [3.63, 3.8) is 0 Å². The highest BCUT2D eigenvalue weighted by Gasteiger charge is 2.43. The van der Waals surface area contributed by atoms with Crippen molar-refractivity contribution in [2.45, 2.75) is 157 Å². The van der Waals surface area contributed by atoms with Gasteiger partial charge in [0.15, 0.2) is 17.9 Å². The second-order valence-electron chi connectivity index (χ2n) is 23.2. The average Bonchev–Trinajstić information content (AvgIpc) is 1.73. The van der Waals surface area contributed by atoms with Gasteiger partial charge in [0.1, 0.15) is 54.1 Å². The fraction of sp³-hybridized carbons (Fsp3) is 0.559. The maximum Gasteiger partial charge on any atom is 0.245 e. The molecule has 0 saturated carbocycles. The number of nitrogens with one attached hydrogen (secondary N) is 9. The van der Waals surface area contributed by atoms with Gasteiger partial charge in [-0.15, -0.1) is 0 Å². The van der Waals surface area contributed by atoms with Gasteiger partial charge in [0.25, 0.3) is 0 Å². The van der Waals surface area contributed by atoms with E-state index < -0.39 is 143 Å². The number of hydrogen-bond donors (Lipinski definition) is 18. The number of guanidine groups is 3. The second kappa shape index (κ2) is 38.8. The van der Waals surface area contributed by atoms with E-state index in [1.807, 2.05) is 0 Å². The summed E-state index contributed by atoms with van der Waals surface area (Å²) in [5.41, 5.74) is 46.8. The van der Waals surface area contributed by atoms with Crippen molar-refractivity contribution in [3.8, 4) is 5.75 Å². The summed E-state index contributed by atoms with van der Waals surface area (Å²) in [5.74, 6) is -10.6. The summed E-state index contributed by atoms with van der Waals surface area (Å²) >= 11 is 0. The molecule has 2 aliphatic rings. The van der Waals surface area contributed by atoms with Crippen LogP contribution in [0.15, 0.2) is 69.6 Å². The van der Waals surface area contributed by atoms with Gasteiger partial charge in [0.05, 0.1) is 19.1 Å². The third-order valence-electron chi connectivity index (χ3n) is 15.3. The molecule has 33 nitrogen and oxygen atoms in total. The van der Waals surface area contributed by atoms with Gasteiger partial charge in [-0.1, -0.05) is 84.3 Å². The Kier molecular flexibility index (Phi) is 31.9. The van der Waals surface area contributed by atoms with Crippen molar-refractivity contribution >= 4 is 104 Å². The fourth-order valence-corrected chi connectivity index (χ4v) is 12.8. The van der Waals surface area contributed by atoms with Gasteiger partial charge in [-0.05, 0) is 101 Å². The first-order chi connectivity index (χ1) is 44.5. The summed E-state index contributed by atoms with van der Waals surface area (Å²) in [6.45, 7) is 5.47. The molecule has 0 spiro atoms. The van der Waals surface area contributed by atoms with Crippen LogP contribution in [0.4, 0.5) is 0 Å². The first kappa shape index (κ1) is 77.3. The molecule has 2 aromatic carbocycles. The number of aromatic hydroxyl groups is 1. The van der Waals surface area contributed by atoms with E-state index in [0.717, 1.165) is 21.6 Å². The molecule has 2 fully saturated rings. The normalized spacial score (nSPS) is 21.7. The molecule has 2 aliphatic heterocycles. The zero-order valence-corrected chi connectivity index (χ0v) is 55.0. The summed E-state index contributed by atoms with van der Waals surface area (Å²) in [6, 6.07) is 2.28. The second-order valence-corrected chi connectivity index (χ2v) is 26.2. The maximum absolute atomic E-state index is 15.3. The minimum absolute atomic E-state index is 0.00159. The Morgan fingerprint density at radius 2 is 1.19 bits per heavy atom. The Balaban J connectivity index is 1.78. The molecular weight excluding hydrogens is 1260 g/mol. The first-order valence-electron chi connectivity index (χ1n) is 30.8. The highest BCUT2D eigenvalue weighted by molar-refractivity contribution is 8.77. The Morgan fingerprint density at radius 3 is 1.76 bits per heavy atom. The monoisotopic (exact) mass is 1350 g/mol. The van der Waals surface area contributed by atoms with Crippen LogP contribution in [0.3, 0.4) is 0 Å². The number of rotatable bonds is 27. The summed E-state index contributed by atoms with van der Waals surface area (Å²) in [4.78, 5) is 169. The SMILES string of the molecule is CC[C@H](C)[C@@H]1NC(=O)C(CCCN=C(N)N)NC(=O)C(CCCN=C(N)N)NC(=O)[C@@H](NC(=O)[C@H](Cc2ccccc2)NC(=O)CNC(=O)CNC(=O)[C@@H](N)Cc2ccc(O)cc2)C(C)(C)SSC[C@@H](C(N)=O)NC(=O)[C@@H]2CCCN2C(=O)[C@H](CCCN=C(N)N)NC1=O. The van der Waals surface area contributed by atoms with E-state index in [2.05, 4.69) is 62.8 Å². The van der Waals surface area contributed by atoms with E-state index in [0.29, 0.717) is 24.0 Å². The van der Waals surface area contributed by atoms with Crippen molar-refractivity contribution in [2.24, 2.45) is 66.8 Å². The molecule has 518 valence electrons. The predicted molar refractivity (Wildman–Crippen MR) is 357 cm³/mol. The van der Waals surface area contributed by atoms with Crippen LogP contribution in [0, 0.1) is 5.92 Å². The van der Waals surface area contributed by atoms with E-state index in [4.69, 9.17) is 45.9 Å². The highest BCUT2D eigenvalue weighted by Crippen LogP contribution is 2.39. The molecule has 2 saturated heterocycles. The molecule has 94 heavy (non-hydrogen) atoms. The minimum atomic E-state index is -1.65. The Morgan fingerprint density at radius 1 is 0.660 bits per heavy atom. The van der Waals surface area contributed by atoms with Crippen molar-refractivity contribution in [3.05, 3.63) is 65.7 Å². The van der Waals surface area contributed by atoms with Gasteiger partial charge in [-0.2, -0.15) is 0 Å². The minimum Gasteiger partial charge on any atom is -0.508 e. The van der Waals surface area contributed by atoms with Crippen LogP contribution < -0.4 is 93.7 Å². The zero-order valence-electron chi connectivity index (χ0n) is 53.4. The van der Waals surface area contributed by atoms with Crippen LogP contribution in [0.2, 0.25) is 0 Å². The van der Waals surface area contributed by atoms with Crippen LogP contribution in [0.25, 0.3) is 0 Å². The largest absolute Gasteiger partial charge is 0.508 e. The average molecular weight is 1350 g/mol. The molecule has 35 heteroatoms. The molecule has 10 atom stereocenters. The highest BCUT2D eigenvalue weighted by atomic mass is 33.1. The number of benzene rings is 2. The Hall–Kier alpha value is -9.12. The lowest BCUT2D eigenvalue weighted by Gasteiger charge is -2.35. The number of hydrogen-bond acceptors (Lipinski definition) is 18. The van der Waals surface area contributed by atoms with Gasteiger partial charge in [0.2, 0.25) is 65.0 Å². The third kappa shape index (κ3) is 26.5. The molecule has 0 aliphatic carbocycles. The Bertz CT molecular complexity index is 3020. The number of phenolic OH excluding ortho intramolecular Hbond substituents is 1. The number of nitrogens with two attached hydrogens (primary N) is 8. The summed E-state index contributed by atoms with van der Waals surface area (Å²) in [5, 5.41) is 33.5. The number of fused-ring (bicyclic) bond motifs is 1. The fourth-order valence-electron chi connectivity index (χ4n) is 9.94. The molecule has 2 heterocycles. The standard InChI is InChI=1S/C59H93N21O12S2/c1-5-32(2)45-53(90)76-39(17-11-25-70-58(66)67)55(92)80-26-12-18-42(80)52(89)77-41(47(61)84)31-93-94-59(3,4)46(54(91)75-37(15-9-23-68-56(62)63)49(86)74-38(50(87)78-45)16-10-24-69-57(64)65)79-51(88)40(28-33-13-7-6-8-14-33)73-44(83)30-71-43(82)29-72-48(85)36(60)27-34-19-21-35(81)22-20-34/h6-8,13-14,19-22,32,36-42,45-46,81H,5,9-12,15-18,23-31,60H2,1-4H3,(H2,61,84)(H,71,82)(H,72,85)(H,73,83)(H,74,86)(H,75,91)(H,76,90)(H,77,89)(H,78,87)(H,79,88)(H4,62,63,68)(H4,64,65,69)(H4,66,67,70)/t32-,36-,37?,38?,39-,40-,41-,42-,45-,46+/m0/s1. The van der Waals surface area contributed by atoms with Crippen LogP contribution in [-0.2, 0) is 65.6 Å². The van der Waals surface area contributed by atoms with E-state index >= 15 is 4.79 Å². The van der Waals surface area contributed by atoms with Crippen molar-refractivity contribution in [1.82, 2.24) is 52.8 Å². The maximum atomic E-state index is 15.3. The topological polar surface area (TPSA) is 565 Å². The predicted octanol–water partition coefficient (Wildman–Crippen LogP) is -5.01. The lowest BCUT2D eigenvalue weighted by molar-refractivity contribution is -0.142. The van der Waals surface area contributed by atoms with Gasteiger partial charge >= 0.3 is 0 Å². The molecular formula is C59H93N21O12S2. The number of carbonyl (C=O) groups is 11. The molecule has 2 aromatic rings. The molecule has 0 aromatic heterocycles. The lowest BCUT2D eigenvalue weighted by Crippen LogP contribution is -2.63. The smallest absolute Gasteiger partial charge is 0.245 e. The van der Waals surface area contributed by atoms with Crippen molar-refractivity contribution in [2.75, 3.05) is 45.0 Å². The quantitative estimate of drug-likeness (QED) is 0.0172. The van der Waals surface area contributed by atoms with Crippen molar-refractivity contribution < 1.29 is 57.8 Å². The number of phenols is 1. The third-order valence-corrected chi connectivity index (χ3v) is 18.6. The zero-order chi connectivity index (χ0) is 69.7. The lowest BCUT2D eigenvalue weighted by atomic mass is 9.96. The number of primary amides is 1. The molecule has 11 amide bonds. The summed E-state index contributed by atoms with van der Waals surface area (Å²) < 4.78 is -1.46. The number of aliphatic imine (C=N–C) groups is 3. The first-order valence-corrected chi connectivity index (χ1v) is 33.1.